The van der Waals surface area contributed by atoms with Crippen LogP contribution in [0.5, 0.6) is 5.75 Å². The van der Waals surface area contributed by atoms with E-state index in [1.54, 1.807) is 6.21 Å². The standard InChI is InChI=1S/C23H30N2O2/c1-6-7-17(3)20-8-10-21(11-9-20)27-15-23(26)25-24-14-22-18(4)12-16(2)13-19(22)5/h8-14,17H,6-7,15H2,1-5H3,(H,25,26)/b24-14+. The van der Waals surface area contributed by atoms with Crippen molar-refractivity contribution in [2.24, 2.45) is 5.10 Å². The minimum absolute atomic E-state index is 0.0624. The van der Waals surface area contributed by atoms with Gasteiger partial charge < -0.3 is 4.74 Å². The molecule has 0 saturated carbocycles. The van der Waals surface area contributed by atoms with Crippen molar-refractivity contribution in [3.63, 3.8) is 0 Å². The largest absolute Gasteiger partial charge is 0.484 e. The van der Waals surface area contributed by atoms with Crippen LogP contribution in [0.2, 0.25) is 0 Å². The Hall–Kier alpha value is -2.62. The van der Waals surface area contributed by atoms with Gasteiger partial charge in [0.15, 0.2) is 6.61 Å². The number of carbonyl (C=O) groups is 1. The summed E-state index contributed by atoms with van der Waals surface area (Å²) in [7, 11) is 0. The number of hydrogen-bond acceptors (Lipinski definition) is 3. The van der Waals surface area contributed by atoms with E-state index in [-0.39, 0.29) is 12.5 Å². The average molecular weight is 367 g/mol. The van der Waals surface area contributed by atoms with Crippen LogP contribution in [-0.4, -0.2) is 18.7 Å². The number of hydrogen-bond donors (Lipinski definition) is 1. The van der Waals surface area contributed by atoms with Crippen LogP contribution in [0.25, 0.3) is 0 Å². The van der Waals surface area contributed by atoms with Gasteiger partial charge in [-0.25, -0.2) is 5.43 Å². The zero-order valence-electron chi connectivity index (χ0n) is 17.0. The van der Waals surface area contributed by atoms with Gasteiger partial charge in [0.2, 0.25) is 0 Å². The molecule has 4 heteroatoms. The van der Waals surface area contributed by atoms with Crippen LogP contribution >= 0.6 is 0 Å². The minimum atomic E-state index is -0.280. The molecule has 0 aliphatic heterocycles. The van der Waals surface area contributed by atoms with E-state index < -0.39 is 0 Å². The molecular weight excluding hydrogens is 336 g/mol. The highest BCUT2D eigenvalue weighted by atomic mass is 16.5. The summed E-state index contributed by atoms with van der Waals surface area (Å²) in [5.74, 6) is 0.944. The lowest BCUT2D eigenvalue weighted by Gasteiger charge is -2.11. The molecule has 2 aromatic rings. The third-order valence-corrected chi connectivity index (χ3v) is 4.66. The maximum Gasteiger partial charge on any atom is 0.277 e. The lowest BCUT2D eigenvalue weighted by molar-refractivity contribution is -0.123. The Labute approximate surface area is 162 Å². The number of hydrazone groups is 1. The van der Waals surface area contributed by atoms with Gasteiger partial charge in [-0.15, -0.1) is 0 Å². The molecule has 1 N–H and O–H groups in total. The molecule has 1 amide bonds. The highest BCUT2D eigenvalue weighted by Crippen LogP contribution is 2.22. The van der Waals surface area contributed by atoms with E-state index in [0.717, 1.165) is 16.7 Å². The summed E-state index contributed by atoms with van der Waals surface area (Å²) in [6.07, 6.45) is 4.02. The molecule has 1 atom stereocenters. The van der Waals surface area contributed by atoms with Gasteiger partial charge in [-0.2, -0.15) is 5.10 Å². The summed E-state index contributed by atoms with van der Waals surface area (Å²) in [6.45, 7) is 10.5. The van der Waals surface area contributed by atoms with Gasteiger partial charge in [0, 0.05) is 5.56 Å². The Bertz CT molecular complexity index is 772. The predicted octanol–water partition coefficient (Wildman–Crippen LogP) is 5.04. The fourth-order valence-corrected chi connectivity index (χ4v) is 3.24. The Morgan fingerprint density at radius 2 is 1.78 bits per heavy atom. The molecule has 144 valence electrons. The van der Waals surface area contributed by atoms with Crippen LogP contribution in [0.15, 0.2) is 41.5 Å². The van der Waals surface area contributed by atoms with Crippen molar-refractivity contribution in [3.05, 3.63) is 64.2 Å². The van der Waals surface area contributed by atoms with Gasteiger partial charge in [-0.1, -0.05) is 50.1 Å². The molecule has 0 saturated heterocycles. The van der Waals surface area contributed by atoms with Crippen LogP contribution in [0.4, 0.5) is 0 Å². The number of benzene rings is 2. The molecule has 0 heterocycles. The van der Waals surface area contributed by atoms with Crippen molar-refractivity contribution in [3.8, 4) is 5.75 Å². The fourth-order valence-electron chi connectivity index (χ4n) is 3.24. The van der Waals surface area contributed by atoms with E-state index in [1.807, 2.05) is 26.0 Å². The second-order valence-corrected chi connectivity index (χ2v) is 7.15. The third-order valence-electron chi connectivity index (χ3n) is 4.66. The SMILES string of the molecule is CCCC(C)c1ccc(OCC(=O)N/N=C/c2c(C)cc(C)cc2C)cc1. The van der Waals surface area contributed by atoms with E-state index in [1.165, 1.54) is 24.0 Å². The van der Waals surface area contributed by atoms with Crippen LogP contribution in [0, 0.1) is 20.8 Å². The van der Waals surface area contributed by atoms with Gasteiger partial charge in [-0.3, -0.25) is 4.79 Å². The zero-order valence-corrected chi connectivity index (χ0v) is 17.0. The highest BCUT2D eigenvalue weighted by Gasteiger charge is 2.06. The maximum atomic E-state index is 11.9. The second kappa shape index (κ2) is 9.91. The molecule has 2 rings (SSSR count). The third kappa shape index (κ3) is 6.24. The first-order valence-electron chi connectivity index (χ1n) is 9.53. The summed E-state index contributed by atoms with van der Waals surface area (Å²) in [4.78, 5) is 11.9. The molecule has 4 nitrogen and oxygen atoms in total. The number of nitrogens with one attached hydrogen (secondary N) is 1. The average Bonchev–Trinajstić information content (AvgIpc) is 2.62. The van der Waals surface area contributed by atoms with Gasteiger partial charge in [0.1, 0.15) is 5.75 Å². The number of aryl methyl sites for hydroxylation is 3. The summed E-state index contributed by atoms with van der Waals surface area (Å²) in [5, 5.41) is 4.06. The Balaban J connectivity index is 1.84. The van der Waals surface area contributed by atoms with Crippen molar-refractivity contribution in [1.29, 1.82) is 0 Å². The molecule has 0 aliphatic rings. The van der Waals surface area contributed by atoms with E-state index in [9.17, 15) is 4.79 Å². The lowest BCUT2D eigenvalue weighted by atomic mass is 9.97. The summed E-state index contributed by atoms with van der Waals surface area (Å²) in [6, 6.07) is 12.2. The number of amides is 1. The zero-order chi connectivity index (χ0) is 19.8. The fraction of sp³-hybridized carbons (Fsp3) is 0.391. The molecule has 0 aromatic heterocycles. The van der Waals surface area contributed by atoms with Crippen LogP contribution in [0.1, 0.15) is 60.4 Å². The monoisotopic (exact) mass is 366 g/mol. The van der Waals surface area contributed by atoms with E-state index in [4.69, 9.17) is 4.74 Å². The van der Waals surface area contributed by atoms with Crippen LogP contribution < -0.4 is 10.2 Å². The molecule has 0 spiro atoms. The molecular formula is C23H30N2O2. The molecule has 0 aliphatic carbocycles. The Kier molecular flexibility index (Phi) is 7.59. The molecule has 1 unspecified atom stereocenters. The predicted molar refractivity (Wildman–Crippen MR) is 112 cm³/mol. The number of rotatable bonds is 8. The maximum absolute atomic E-state index is 11.9. The van der Waals surface area contributed by atoms with Crippen molar-refractivity contribution in [2.75, 3.05) is 6.61 Å². The van der Waals surface area contributed by atoms with Gasteiger partial charge in [0.25, 0.3) is 5.91 Å². The lowest BCUT2D eigenvalue weighted by Crippen LogP contribution is -2.24. The Morgan fingerprint density at radius 1 is 1.15 bits per heavy atom. The van der Waals surface area contributed by atoms with Gasteiger partial charge in [0.05, 0.1) is 6.21 Å². The van der Waals surface area contributed by atoms with Gasteiger partial charge >= 0.3 is 0 Å². The van der Waals surface area contributed by atoms with Crippen molar-refractivity contribution in [2.45, 2.75) is 53.4 Å². The molecule has 0 bridgehead atoms. The minimum Gasteiger partial charge on any atom is -0.484 e. The molecule has 2 aromatic carbocycles. The first-order chi connectivity index (χ1) is 12.9. The second-order valence-electron chi connectivity index (χ2n) is 7.15. The Morgan fingerprint density at radius 3 is 2.37 bits per heavy atom. The van der Waals surface area contributed by atoms with Crippen molar-refractivity contribution in [1.82, 2.24) is 5.43 Å². The normalized spacial score (nSPS) is 12.2. The van der Waals surface area contributed by atoms with E-state index in [0.29, 0.717) is 11.7 Å². The molecule has 0 fully saturated rings. The number of ether oxygens (including phenoxy) is 1. The van der Waals surface area contributed by atoms with E-state index >= 15 is 0 Å². The topological polar surface area (TPSA) is 50.7 Å². The first-order valence-corrected chi connectivity index (χ1v) is 9.53. The molecule has 27 heavy (non-hydrogen) atoms. The van der Waals surface area contributed by atoms with Gasteiger partial charge in [-0.05, 0) is 61.9 Å². The van der Waals surface area contributed by atoms with Crippen LogP contribution in [0.3, 0.4) is 0 Å². The number of nitrogens with zero attached hydrogens (tertiary/aromatic N) is 1. The first kappa shape index (κ1) is 20.7. The summed E-state index contributed by atoms with van der Waals surface area (Å²) >= 11 is 0. The van der Waals surface area contributed by atoms with Crippen molar-refractivity contribution >= 4 is 12.1 Å². The summed E-state index contributed by atoms with van der Waals surface area (Å²) < 4.78 is 5.54. The number of carbonyl (C=O) groups excluding carboxylic acids is 1. The van der Waals surface area contributed by atoms with Crippen molar-refractivity contribution < 1.29 is 9.53 Å². The quantitative estimate of drug-likeness (QED) is 0.525. The van der Waals surface area contributed by atoms with E-state index in [2.05, 4.69) is 55.6 Å². The molecule has 0 radical (unpaired) electrons. The smallest absolute Gasteiger partial charge is 0.277 e. The highest BCUT2D eigenvalue weighted by molar-refractivity contribution is 5.85. The van der Waals surface area contributed by atoms with Crippen LogP contribution in [-0.2, 0) is 4.79 Å². The summed E-state index contributed by atoms with van der Waals surface area (Å²) in [5.41, 5.74) is 8.34.